The van der Waals surface area contributed by atoms with E-state index in [1.807, 2.05) is 23.7 Å². The number of hydrogen-bond acceptors (Lipinski definition) is 4. The lowest BCUT2D eigenvalue weighted by Gasteiger charge is -2.34. The van der Waals surface area contributed by atoms with Gasteiger partial charge in [-0.2, -0.15) is 9.30 Å². The molecule has 2 aromatic carbocycles. The fourth-order valence-corrected chi connectivity index (χ4v) is 7.06. The van der Waals surface area contributed by atoms with E-state index in [4.69, 9.17) is 11.6 Å². The summed E-state index contributed by atoms with van der Waals surface area (Å²) in [6, 6.07) is 11.6. The Morgan fingerprint density at radius 2 is 1.74 bits per heavy atom. The largest absolute Gasteiger partial charge is 0.319 e. The van der Waals surface area contributed by atoms with E-state index in [0.29, 0.717) is 40.3 Å². The maximum atomic E-state index is 13.0. The molecule has 164 valence electrons. The lowest BCUT2D eigenvalue weighted by Crippen LogP contribution is -2.42. The number of halogens is 1. The normalized spacial score (nSPS) is 21.0. The predicted molar refractivity (Wildman–Crippen MR) is 124 cm³/mol. The molecule has 6 nitrogen and oxygen atoms in total. The Kier molecular flexibility index (Phi) is 6.09. The maximum Gasteiger partial charge on any atom is 0.279 e. The zero-order valence-corrected chi connectivity index (χ0v) is 20.0. The van der Waals surface area contributed by atoms with Gasteiger partial charge in [0.1, 0.15) is 0 Å². The highest BCUT2D eigenvalue weighted by Crippen LogP contribution is 2.27. The number of nitrogens with zero attached hydrogens (tertiary/aromatic N) is 3. The molecule has 0 spiro atoms. The molecule has 31 heavy (non-hydrogen) atoms. The number of aromatic nitrogens is 1. The Hall–Kier alpha value is -2.00. The molecule has 0 bridgehead atoms. The summed E-state index contributed by atoms with van der Waals surface area (Å²) in [5, 5.41) is 0.626. The van der Waals surface area contributed by atoms with Gasteiger partial charge in [-0.15, -0.1) is 0 Å². The number of fused-ring (bicyclic) bond motifs is 1. The fraction of sp³-hybridized carbons (Fsp3) is 0.364. The van der Waals surface area contributed by atoms with Crippen LogP contribution >= 0.6 is 22.9 Å². The second-order valence-electron chi connectivity index (χ2n) is 8.27. The van der Waals surface area contributed by atoms with Gasteiger partial charge in [-0.25, -0.2) is 8.42 Å². The number of thiazole rings is 1. The maximum absolute atomic E-state index is 13.0. The summed E-state index contributed by atoms with van der Waals surface area (Å²) >= 11 is 7.43. The van der Waals surface area contributed by atoms with Crippen LogP contribution in [0.25, 0.3) is 10.2 Å². The van der Waals surface area contributed by atoms with Crippen molar-refractivity contribution in [3.8, 4) is 0 Å². The topological polar surface area (TPSA) is 71.7 Å². The van der Waals surface area contributed by atoms with Gasteiger partial charge in [0.15, 0.2) is 4.80 Å². The van der Waals surface area contributed by atoms with Crippen molar-refractivity contribution in [3.63, 3.8) is 0 Å². The molecular formula is C22H24ClN3O3S2. The molecule has 1 amide bonds. The molecule has 4 rings (SSSR count). The molecule has 0 unspecified atom stereocenters. The van der Waals surface area contributed by atoms with Gasteiger partial charge in [0.05, 0.1) is 15.1 Å². The van der Waals surface area contributed by atoms with Crippen LogP contribution < -0.4 is 4.80 Å². The predicted octanol–water partition coefficient (Wildman–Crippen LogP) is 4.30. The molecule has 0 radical (unpaired) electrons. The quantitative estimate of drug-likeness (QED) is 0.564. The second-order valence-corrected chi connectivity index (χ2v) is 11.6. The summed E-state index contributed by atoms with van der Waals surface area (Å²) in [6.07, 6.45) is 1.03. The zero-order valence-electron chi connectivity index (χ0n) is 17.6. The number of sulfonamides is 1. The number of amides is 1. The van der Waals surface area contributed by atoms with Gasteiger partial charge >= 0.3 is 0 Å². The first-order valence-corrected chi connectivity index (χ1v) is 12.7. The van der Waals surface area contributed by atoms with Crippen LogP contribution in [0.3, 0.4) is 0 Å². The van der Waals surface area contributed by atoms with Crippen LogP contribution in [0, 0.1) is 11.8 Å². The van der Waals surface area contributed by atoms with Gasteiger partial charge in [-0.05, 0) is 60.7 Å². The Labute approximate surface area is 190 Å². The Balaban J connectivity index is 1.60. The van der Waals surface area contributed by atoms with Crippen molar-refractivity contribution in [2.24, 2.45) is 23.9 Å². The minimum atomic E-state index is -3.58. The third kappa shape index (κ3) is 4.48. The van der Waals surface area contributed by atoms with Crippen molar-refractivity contribution in [1.82, 2.24) is 8.87 Å². The van der Waals surface area contributed by atoms with E-state index in [1.165, 1.54) is 35.6 Å². The van der Waals surface area contributed by atoms with E-state index in [0.717, 1.165) is 16.6 Å². The summed E-state index contributed by atoms with van der Waals surface area (Å²) < 4.78 is 30.4. The van der Waals surface area contributed by atoms with E-state index in [1.54, 1.807) is 10.4 Å². The Morgan fingerprint density at radius 1 is 1.10 bits per heavy atom. The molecular weight excluding hydrogens is 454 g/mol. The van der Waals surface area contributed by atoms with E-state index >= 15 is 0 Å². The van der Waals surface area contributed by atoms with Crippen molar-refractivity contribution >= 4 is 49.1 Å². The van der Waals surface area contributed by atoms with Crippen molar-refractivity contribution in [1.29, 1.82) is 0 Å². The van der Waals surface area contributed by atoms with Crippen molar-refractivity contribution in [2.45, 2.75) is 25.2 Å². The van der Waals surface area contributed by atoms with Crippen LogP contribution in [0.1, 0.15) is 30.6 Å². The number of aryl methyl sites for hydroxylation is 1. The lowest BCUT2D eigenvalue weighted by atomic mass is 9.94. The minimum Gasteiger partial charge on any atom is -0.319 e. The molecule has 0 aliphatic carbocycles. The van der Waals surface area contributed by atoms with Gasteiger partial charge < -0.3 is 4.57 Å². The van der Waals surface area contributed by atoms with Crippen LogP contribution in [0.5, 0.6) is 0 Å². The van der Waals surface area contributed by atoms with Crippen LogP contribution in [-0.4, -0.2) is 36.3 Å². The standard InChI is InChI=1S/C22H24ClN3O3S2/c1-14-10-15(2)13-26(12-14)31(28,29)18-7-4-16(5-8-18)21(27)24-22-25(3)19-9-6-17(23)11-20(19)30-22/h4-9,11,14-15H,10,12-13H2,1-3H3/t14-,15-/m1/s1. The van der Waals surface area contributed by atoms with Crippen LogP contribution in [0.4, 0.5) is 0 Å². The second kappa shape index (κ2) is 8.50. The van der Waals surface area contributed by atoms with Crippen LogP contribution in [0.2, 0.25) is 5.02 Å². The number of rotatable bonds is 3. The van der Waals surface area contributed by atoms with Gasteiger partial charge in [-0.3, -0.25) is 4.79 Å². The summed E-state index contributed by atoms with van der Waals surface area (Å²) in [4.78, 5) is 17.7. The highest BCUT2D eigenvalue weighted by atomic mass is 35.5. The molecule has 3 aromatic rings. The highest BCUT2D eigenvalue weighted by Gasteiger charge is 2.31. The monoisotopic (exact) mass is 477 g/mol. The Morgan fingerprint density at radius 3 is 2.39 bits per heavy atom. The first-order chi connectivity index (χ1) is 14.6. The van der Waals surface area contributed by atoms with E-state index in [9.17, 15) is 13.2 Å². The van der Waals surface area contributed by atoms with Crippen molar-refractivity contribution in [2.75, 3.05) is 13.1 Å². The number of piperidine rings is 1. The average Bonchev–Trinajstić information content (AvgIpc) is 3.01. The molecule has 1 fully saturated rings. The van der Waals surface area contributed by atoms with Crippen LogP contribution in [-0.2, 0) is 17.1 Å². The average molecular weight is 478 g/mol. The summed E-state index contributed by atoms with van der Waals surface area (Å²) in [5.41, 5.74) is 1.28. The Bertz CT molecular complexity index is 1300. The third-order valence-electron chi connectivity index (χ3n) is 5.54. The molecule has 1 aliphatic heterocycles. The number of benzene rings is 2. The SMILES string of the molecule is C[C@@H]1C[C@@H](C)CN(S(=O)(=O)c2ccc(C(=O)N=c3sc4cc(Cl)ccc4n3C)cc2)C1. The molecule has 1 aliphatic rings. The molecule has 0 N–H and O–H groups in total. The molecule has 2 heterocycles. The summed E-state index contributed by atoms with van der Waals surface area (Å²) in [7, 11) is -1.74. The van der Waals surface area contributed by atoms with Gasteiger partial charge in [0.2, 0.25) is 10.0 Å². The smallest absolute Gasteiger partial charge is 0.279 e. The van der Waals surface area contributed by atoms with Gasteiger partial charge in [-0.1, -0.05) is 36.8 Å². The minimum absolute atomic E-state index is 0.201. The zero-order chi connectivity index (χ0) is 22.3. The fourth-order valence-electron chi connectivity index (χ4n) is 4.09. The van der Waals surface area contributed by atoms with Gasteiger partial charge in [0.25, 0.3) is 5.91 Å². The van der Waals surface area contributed by atoms with Crippen LogP contribution in [0.15, 0.2) is 52.4 Å². The summed E-state index contributed by atoms with van der Waals surface area (Å²) in [6.45, 7) is 5.19. The lowest BCUT2D eigenvalue weighted by molar-refractivity contribution is 0.0998. The third-order valence-corrected chi connectivity index (χ3v) is 8.72. The van der Waals surface area contributed by atoms with E-state index < -0.39 is 15.9 Å². The number of carbonyl (C=O) groups excluding carboxylic acids is 1. The highest BCUT2D eigenvalue weighted by molar-refractivity contribution is 7.89. The van der Waals surface area contributed by atoms with E-state index in [-0.39, 0.29) is 4.90 Å². The summed E-state index contributed by atoms with van der Waals surface area (Å²) in [5.74, 6) is 0.239. The van der Waals surface area contributed by atoms with Gasteiger partial charge in [0, 0.05) is 30.7 Å². The first kappa shape index (κ1) is 22.2. The van der Waals surface area contributed by atoms with Crippen molar-refractivity contribution < 1.29 is 13.2 Å². The molecule has 9 heteroatoms. The molecule has 1 aromatic heterocycles. The number of carbonyl (C=O) groups is 1. The molecule has 0 saturated carbocycles. The molecule has 1 saturated heterocycles. The van der Waals surface area contributed by atoms with Crippen molar-refractivity contribution in [3.05, 3.63) is 57.9 Å². The molecule has 2 atom stereocenters. The first-order valence-electron chi connectivity index (χ1n) is 10.1. The van der Waals surface area contributed by atoms with E-state index in [2.05, 4.69) is 18.8 Å². The number of hydrogen-bond donors (Lipinski definition) is 0.